The van der Waals surface area contributed by atoms with E-state index in [2.05, 4.69) is 15.2 Å². The van der Waals surface area contributed by atoms with Gasteiger partial charge in [0.25, 0.3) is 0 Å². The zero-order chi connectivity index (χ0) is 28.8. The van der Waals surface area contributed by atoms with E-state index >= 15 is 0 Å². The minimum absolute atomic E-state index is 0.145. The molecule has 2 aromatic carbocycles. The number of piperidine rings is 1. The minimum Gasteiger partial charge on any atom is -0.478 e. The van der Waals surface area contributed by atoms with Gasteiger partial charge in [0.1, 0.15) is 5.69 Å². The smallest absolute Gasteiger partial charge is 0.335 e. The zero-order valence-corrected chi connectivity index (χ0v) is 25.2. The van der Waals surface area contributed by atoms with Gasteiger partial charge in [-0.05, 0) is 68.9 Å². The summed E-state index contributed by atoms with van der Waals surface area (Å²) in [5.74, 6) is -0.0933. The molecule has 220 valence electrons. The van der Waals surface area contributed by atoms with E-state index in [1.165, 1.54) is 12.8 Å². The van der Waals surface area contributed by atoms with E-state index in [0.29, 0.717) is 40.2 Å². The van der Waals surface area contributed by atoms with Crippen molar-refractivity contribution >= 4 is 55.9 Å². The Balaban J connectivity index is 0.000000524. The number of halogens is 2. The summed E-state index contributed by atoms with van der Waals surface area (Å²) >= 11 is 14.5. The molecule has 12 heteroatoms. The molecule has 2 saturated heterocycles. The van der Waals surface area contributed by atoms with Crippen LogP contribution in [-0.2, 0) is 16.1 Å². The van der Waals surface area contributed by atoms with Gasteiger partial charge in [-0.3, -0.25) is 0 Å². The molecule has 3 unspecified atom stereocenters. The van der Waals surface area contributed by atoms with Crippen molar-refractivity contribution in [3.8, 4) is 5.69 Å². The number of benzene rings is 2. The Morgan fingerprint density at radius 3 is 2.55 bits per heavy atom. The van der Waals surface area contributed by atoms with Gasteiger partial charge in [-0.2, -0.15) is 0 Å². The van der Waals surface area contributed by atoms with Crippen molar-refractivity contribution < 1.29 is 19.4 Å². The molecule has 4 fully saturated rings. The zero-order valence-electron chi connectivity index (χ0n) is 22.9. The fraction of sp³-hybridized carbons (Fsp3) is 0.467. The molecule has 9 nitrogen and oxygen atoms in total. The predicted octanol–water partition coefficient (Wildman–Crippen LogP) is 6.74. The summed E-state index contributed by atoms with van der Waals surface area (Å²) in [7, 11) is 0. The summed E-state index contributed by atoms with van der Waals surface area (Å²) in [5.41, 5.74) is 3.68. The Bertz CT molecular complexity index is 1590. The van der Waals surface area contributed by atoms with Crippen LogP contribution in [0.25, 0.3) is 15.9 Å². The van der Waals surface area contributed by atoms with Crippen molar-refractivity contribution in [1.82, 2.24) is 20.0 Å². The van der Waals surface area contributed by atoms with Gasteiger partial charge in [-0.25, -0.2) is 14.5 Å². The highest BCUT2D eigenvalue weighted by Crippen LogP contribution is 2.45. The fourth-order valence-corrected chi connectivity index (χ4v) is 7.85. The van der Waals surface area contributed by atoms with Crippen LogP contribution in [-0.4, -0.2) is 63.0 Å². The number of hydrogen-bond acceptors (Lipinski definition) is 8. The Kier molecular flexibility index (Phi) is 7.83. The summed E-state index contributed by atoms with van der Waals surface area (Å²) in [6.45, 7) is 3.29. The van der Waals surface area contributed by atoms with E-state index in [-0.39, 0.29) is 11.7 Å². The lowest BCUT2D eigenvalue weighted by molar-refractivity contribution is 0.00991. The van der Waals surface area contributed by atoms with Gasteiger partial charge >= 0.3 is 5.97 Å². The molecule has 1 N–H and O–H groups in total. The van der Waals surface area contributed by atoms with Gasteiger partial charge in [0.15, 0.2) is 5.13 Å². The third-order valence-electron chi connectivity index (χ3n) is 8.51. The van der Waals surface area contributed by atoms with Gasteiger partial charge in [0.05, 0.1) is 49.9 Å². The molecule has 0 spiro atoms. The van der Waals surface area contributed by atoms with Crippen LogP contribution in [0.4, 0.5) is 5.13 Å². The van der Waals surface area contributed by atoms with Crippen molar-refractivity contribution in [1.29, 1.82) is 0 Å². The molecule has 3 atom stereocenters. The van der Waals surface area contributed by atoms with Crippen molar-refractivity contribution in [2.75, 3.05) is 24.7 Å². The summed E-state index contributed by atoms with van der Waals surface area (Å²) < 4.78 is 14.1. The molecule has 2 bridgehead atoms. The number of fused-ring (bicyclic) bond motifs is 3. The molecule has 2 aromatic heterocycles. The molecule has 0 radical (unpaired) electrons. The summed E-state index contributed by atoms with van der Waals surface area (Å²) in [6, 6.07) is 10.9. The van der Waals surface area contributed by atoms with E-state index in [1.807, 2.05) is 6.07 Å². The van der Waals surface area contributed by atoms with E-state index in [0.717, 1.165) is 72.2 Å². The van der Waals surface area contributed by atoms with Gasteiger partial charge in [-0.1, -0.05) is 45.8 Å². The monoisotopic (exact) mass is 627 g/mol. The first kappa shape index (κ1) is 28.0. The first-order valence-electron chi connectivity index (χ1n) is 14.4. The molecule has 2 aliphatic heterocycles. The van der Waals surface area contributed by atoms with Gasteiger partial charge in [-0.15, -0.1) is 5.10 Å². The van der Waals surface area contributed by atoms with E-state index < -0.39 is 5.97 Å². The van der Waals surface area contributed by atoms with Crippen molar-refractivity contribution in [2.24, 2.45) is 5.92 Å². The van der Waals surface area contributed by atoms with Crippen molar-refractivity contribution in [2.45, 2.75) is 63.2 Å². The topological polar surface area (TPSA) is 103 Å². The van der Waals surface area contributed by atoms with Crippen LogP contribution in [0.1, 0.15) is 66.2 Å². The number of aromatic carboxylic acids is 1. The Hall–Kier alpha value is -2.76. The van der Waals surface area contributed by atoms with Crippen molar-refractivity contribution in [3.63, 3.8) is 0 Å². The van der Waals surface area contributed by atoms with Gasteiger partial charge in [0, 0.05) is 37.6 Å². The largest absolute Gasteiger partial charge is 0.478 e. The highest BCUT2D eigenvalue weighted by Gasteiger charge is 2.46. The third-order valence-corrected chi connectivity index (χ3v) is 10.2. The maximum atomic E-state index is 11.3. The molecule has 0 amide bonds. The minimum atomic E-state index is -0.921. The number of thiazole rings is 1. The SMILES string of the molecule is C1CCOC1.O=C(O)c1ccc2nc(N3CC4CC3CC4OCc3c(C4CC4)nnn3-c3c(Cl)cccc3Cl)sc2c1. The Morgan fingerprint density at radius 2 is 1.90 bits per heavy atom. The molecule has 2 saturated carbocycles. The normalized spacial score (nSPS) is 23.0. The fourth-order valence-electron chi connectivity index (χ4n) is 6.20. The highest BCUT2D eigenvalue weighted by molar-refractivity contribution is 7.22. The lowest BCUT2D eigenvalue weighted by Gasteiger charge is -2.31. The lowest BCUT2D eigenvalue weighted by atomic mass is 10.1. The van der Waals surface area contributed by atoms with Gasteiger partial charge in [0.2, 0.25) is 0 Å². The average molecular weight is 629 g/mol. The number of para-hydroxylation sites is 1. The standard InChI is InChI=1S/C26H23Cl2N5O3S.C4H8O/c27-17-2-1-3-18(28)24(17)33-20(23(30-31-33)13-4-5-13)12-36-21-10-16-8-15(21)11-32(16)26-29-19-7-6-14(25(34)35)9-22(19)37-26;1-2-4-5-3-1/h1-3,6-7,9,13,15-16,21H,4-5,8,10-12H2,(H,34,35);1-4H2. The number of anilines is 1. The first-order chi connectivity index (χ1) is 20.5. The molecule has 2 aliphatic carbocycles. The van der Waals surface area contributed by atoms with E-state index in [1.54, 1.807) is 46.4 Å². The molecule has 4 aliphatic rings. The average Bonchev–Trinajstić information content (AvgIpc) is 3.53. The Labute approximate surface area is 257 Å². The molecular formula is C30H31Cl2N5O4S. The van der Waals surface area contributed by atoms with Crippen LogP contribution in [0.15, 0.2) is 36.4 Å². The van der Waals surface area contributed by atoms with Gasteiger partial charge < -0.3 is 19.5 Å². The van der Waals surface area contributed by atoms with Crippen LogP contribution in [0.5, 0.6) is 0 Å². The molecule has 8 rings (SSSR count). The number of hydrogen-bond donors (Lipinski definition) is 1. The third kappa shape index (κ3) is 5.51. The second kappa shape index (κ2) is 11.7. The number of carbonyl (C=O) groups is 1. The number of carboxylic acid groups (broad SMARTS) is 1. The first-order valence-corrected chi connectivity index (χ1v) is 16.0. The van der Waals surface area contributed by atoms with Crippen LogP contribution in [0, 0.1) is 5.92 Å². The second-order valence-electron chi connectivity index (χ2n) is 11.4. The Morgan fingerprint density at radius 1 is 1.12 bits per heavy atom. The van der Waals surface area contributed by atoms with Crippen LogP contribution >= 0.6 is 34.5 Å². The van der Waals surface area contributed by atoms with Crippen molar-refractivity contribution in [3.05, 3.63) is 63.4 Å². The maximum absolute atomic E-state index is 11.3. The van der Waals surface area contributed by atoms with Crippen LogP contribution in [0.3, 0.4) is 0 Å². The number of carboxylic acids is 1. The molecule has 4 aromatic rings. The number of aromatic nitrogens is 4. The number of ether oxygens (including phenoxy) is 2. The maximum Gasteiger partial charge on any atom is 0.335 e. The number of nitrogens with zero attached hydrogens (tertiary/aromatic N) is 5. The predicted molar refractivity (Wildman–Crippen MR) is 162 cm³/mol. The summed E-state index contributed by atoms with van der Waals surface area (Å²) in [5, 5.41) is 20.2. The summed E-state index contributed by atoms with van der Waals surface area (Å²) in [4.78, 5) is 18.5. The van der Waals surface area contributed by atoms with Crippen LogP contribution < -0.4 is 4.90 Å². The molecule has 4 heterocycles. The quantitative estimate of drug-likeness (QED) is 0.240. The molecular weight excluding hydrogens is 597 g/mol. The van der Waals surface area contributed by atoms with Crippen LogP contribution in [0.2, 0.25) is 10.0 Å². The number of rotatable bonds is 7. The van der Waals surface area contributed by atoms with E-state index in [4.69, 9.17) is 37.7 Å². The molecule has 42 heavy (non-hydrogen) atoms. The lowest BCUT2D eigenvalue weighted by Crippen LogP contribution is -2.38. The summed E-state index contributed by atoms with van der Waals surface area (Å²) in [6.07, 6.45) is 6.91. The second-order valence-corrected chi connectivity index (χ2v) is 13.2. The van der Waals surface area contributed by atoms with E-state index in [9.17, 15) is 9.90 Å². The highest BCUT2D eigenvalue weighted by atomic mass is 35.5.